The van der Waals surface area contributed by atoms with Gasteiger partial charge in [-0.1, -0.05) is 54.1 Å². The van der Waals surface area contributed by atoms with Gasteiger partial charge in [-0.3, -0.25) is 0 Å². The molecular formula is C15H20O2Si. The Morgan fingerprint density at radius 1 is 1.33 bits per heavy atom. The van der Waals surface area contributed by atoms with E-state index in [0.717, 1.165) is 0 Å². The maximum absolute atomic E-state index is 10.3. The van der Waals surface area contributed by atoms with E-state index in [9.17, 15) is 5.11 Å². The van der Waals surface area contributed by atoms with E-state index in [1.165, 1.54) is 10.8 Å². The highest BCUT2D eigenvalue weighted by molar-refractivity contribution is 6.46. The van der Waals surface area contributed by atoms with E-state index in [1.54, 1.807) is 0 Å². The zero-order valence-electron chi connectivity index (χ0n) is 11.0. The molecule has 3 heteroatoms. The quantitative estimate of drug-likeness (QED) is 0.827. The number of aliphatic hydroxyl groups is 1. The first kappa shape index (κ1) is 13.3. The summed E-state index contributed by atoms with van der Waals surface area (Å²) in [6.07, 6.45) is 5.92. The third-order valence-electron chi connectivity index (χ3n) is 3.31. The predicted octanol–water partition coefficient (Wildman–Crippen LogP) is 1.30. The molecule has 0 radical (unpaired) electrons. The fourth-order valence-electron chi connectivity index (χ4n) is 2.06. The summed E-state index contributed by atoms with van der Waals surface area (Å²) in [6, 6.07) is 10.3. The lowest BCUT2D eigenvalue weighted by atomic mass is 9.84. The molecule has 2 nitrogen and oxygen atoms in total. The van der Waals surface area contributed by atoms with Crippen LogP contribution in [0, 0.1) is 5.92 Å². The molecule has 0 aliphatic heterocycles. The predicted molar refractivity (Wildman–Crippen MR) is 77.6 cm³/mol. The summed E-state index contributed by atoms with van der Waals surface area (Å²) in [5, 5.41) is 11.5. The second-order valence-electron chi connectivity index (χ2n) is 5.08. The summed E-state index contributed by atoms with van der Waals surface area (Å²) in [7, 11) is -0.686. The van der Waals surface area contributed by atoms with Crippen LogP contribution >= 0.6 is 0 Å². The minimum Gasteiger partial charge on any atom is -0.418 e. The highest BCUT2D eigenvalue weighted by atomic mass is 28.2. The number of hydrogen-bond acceptors (Lipinski definition) is 2. The van der Waals surface area contributed by atoms with Crippen LogP contribution < -0.4 is 5.19 Å². The molecule has 18 heavy (non-hydrogen) atoms. The van der Waals surface area contributed by atoms with E-state index >= 15 is 0 Å². The topological polar surface area (TPSA) is 29.5 Å². The number of rotatable bonds is 4. The van der Waals surface area contributed by atoms with Gasteiger partial charge in [0.05, 0.1) is 5.60 Å². The van der Waals surface area contributed by atoms with Gasteiger partial charge >= 0.3 is 0 Å². The summed E-state index contributed by atoms with van der Waals surface area (Å²) in [6.45, 7) is 4.48. The molecule has 2 rings (SSSR count). The van der Waals surface area contributed by atoms with Gasteiger partial charge in [0, 0.05) is 12.5 Å². The van der Waals surface area contributed by atoms with E-state index < -0.39 is 15.4 Å². The molecule has 0 aromatic heterocycles. The zero-order valence-corrected chi connectivity index (χ0v) is 12.4. The molecule has 0 saturated heterocycles. The van der Waals surface area contributed by atoms with Crippen LogP contribution in [-0.2, 0) is 4.43 Å². The molecule has 96 valence electrons. The van der Waals surface area contributed by atoms with Crippen LogP contribution in [-0.4, -0.2) is 27.1 Å². The van der Waals surface area contributed by atoms with Crippen LogP contribution in [0.2, 0.25) is 0 Å². The van der Waals surface area contributed by atoms with Crippen LogP contribution in [0.4, 0.5) is 0 Å². The minimum absolute atomic E-state index is 0.0544. The van der Waals surface area contributed by atoms with Crippen molar-refractivity contribution >= 4 is 14.9 Å². The SMILES string of the molecule is CC1=CC(CO[SiH2]c2ccccc2)C(C)(O)C=C1. The lowest BCUT2D eigenvalue weighted by molar-refractivity contribution is 0.0435. The van der Waals surface area contributed by atoms with Gasteiger partial charge in [0.2, 0.25) is 0 Å². The summed E-state index contributed by atoms with van der Waals surface area (Å²) >= 11 is 0. The molecule has 0 amide bonds. The summed E-state index contributed by atoms with van der Waals surface area (Å²) in [4.78, 5) is 0. The van der Waals surface area contributed by atoms with Crippen LogP contribution in [0.5, 0.6) is 0 Å². The molecule has 0 heterocycles. The smallest absolute Gasteiger partial charge is 0.192 e. The van der Waals surface area contributed by atoms with Crippen LogP contribution in [0.1, 0.15) is 13.8 Å². The van der Waals surface area contributed by atoms with E-state index in [-0.39, 0.29) is 5.92 Å². The van der Waals surface area contributed by atoms with Crippen molar-refractivity contribution < 1.29 is 9.53 Å². The molecule has 0 spiro atoms. The third-order valence-corrected chi connectivity index (χ3v) is 4.55. The van der Waals surface area contributed by atoms with Crippen molar-refractivity contribution in [3.8, 4) is 0 Å². The Labute approximate surface area is 111 Å². The van der Waals surface area contributed by atoms with Gasteiger partial charge in [-0.2, -0.15) is 0 Å². The van der Waals surface area contributed by atoms with Gasteiger partial charge in [-0.25, -0.2) is 0 Å². The van der Waals surface area contributed by atoms with E-state index in [4.69, 9.17) is 4.43 Å². The molecule has 2 unspecified atom stereocenters. The maximum Gasteiger partial charge on any atom is 0.192 e. The normalized spacial score (nSPS) is 27.7. The highest BCUT2D eigenvalue weighted by Crippen LogP contribution is 2.26. The molecule has 0 saturated carbocycles. The Morgan fingerprint density at radius 2 is 2.06 bits per heavy atom. The molecule has 1 N–H and O–H groups in total. The highest BCUT2D eigenvalue weighted by Gasteiger charge is 2.29. The monoisotopic (exact) mass is 260 g/mol. The summed E-state index contributed by atoms with van der Waals surface area (Å²) < 4.78 is 5.84. The average molecular weight is 260 g/mol. The van der Waals surface area contributed by atoms with Gasteiger partial charge < -0.3 is 9.53 Å². The second-order valence-corrected chi connectivity index (χ2v) is 6.59. The van der Waals surface area contributed by atoms with Crippen molar-refractivity contribution in [2.45, 2.75) is 19.4 Å². The summed E-state index contributed by atoms with van der Waals surface area (Å²) in [5.41, 5.74) is 0.404. The van der Waals surface area contributed by atoms with Gasteiger partial charge in [-0.05, 0) is 19.0 Å². The largest absolute Gasteiger partial charge is 0.418 e. The van der Waals surface area contributed by atoms with Crippen LogP contribution in [0.3, 0.4) is 0 Å². The van der Waals surface area contributed by atoms with Crippen molar-refractivity contribution in [2.24, 2.45) is 5.92 Å². The van der Waals surface area contributed by atoms with Gasteiger partial charge in [0.25, 0.3) is 0 Å². The number of hydrogen-bond donors (Lipinski definition) is 1. The minimum atomic E-state index is -0.787. The van der Waals surface area contributed by atoms with Crippen molar-refractivity contribution in [1.82, 2.24) is 0 Å². The first-order valence-corrected chi connectivity index (χ1v) is 7.58. The van der Waals surface area contributed by atoms with E-state index in [2.05, 4.69) is 18.2 Å². The number of allylic oxidation sites excluding steroid dienone is 2. The molecule has 1 aromatic carbocycles. The Hall–Kier alpha value is -1.16. The molecule has 1 aliphatic rings. The van der Waals surface area contributed by atoms with Crippen LogP contribution in [0.15, 0.2) is 54.1 Å². The Morgan fingerprint density at radius 3 is 2.78 bits per heavy atom. The van der Waals surface area contributed by atoms with Gasteiger partial charge in [0.15, 0.2) is 9.76 Å². The van der Waals surface area contributed by atoms with Crippen LogP contribution in [0.25, 0.3) is 0 Å². The van der Waals surface area contributed by atoms with Crippen molar-refractivity contribution in [3.05, 3.63) is 54.1 Å². The van der Waals surface area contributed by atoms with E-state index in [0.29, 0.717) is 6.61 Å². The molecular weight excluding hydrogens is 240 g/mol. The lowest BCUT2D eigenvalue weighted by Crippen LogP contribution is -2.37. The fourth-order valence-corrected chi connectivity index (χ4v) is 3.13. The first-order valence-electron chi connectivity index (χ1n) is 6.29. The van der Waals surface area contributed by atoms with Crippen molar-refractivity contribution in [2.75, 3.05) is 6.61 Å². The Bertz CT molecular complexity index is 449. The number of benzene rings is 1. The maximum atomic E-state index is 10.3. The lowest BCUT2D eigenvalue weighted by Gasteiger charge is -2.31. The second kappa shape index (κ2) is 5.65. The molecule has 2 atom stereocenters. The van der Waals surface area contributed by atoms with Gasteiger partial charge in [0.1, 0.15) is 0 Å². The zero-order chi connectivity index (χ0) is 13.0. The third kappa shape index (κ3) is 3.42. The summed E-state index contributed by atoms with van der Waals surface area (Å²) in [5.74, 6) is 0.0544. The molecule has 0 fully saturated rings. The van der Waals surface area contributed by atoms with Gasteiger partial charge in [-0.15, -0.1) is 0 Å². The van der Waals surface area contributed by atoms with Crippen molar-refractivity contribution in [3.63, 3.8) is 0 Å². The van der Waals surface area contributed by atoms with Crippen molar-refractivity contribution in [1.29, 1.82) is 0 Å². The fraction of sp³-hybridized carbons (Fsp3) is 0.333. The molecule has 1 aromatic rings. The Kier molecular flexibility index (Phi) is 4.17. The standard InChI is InChI=1S/C15H20O2Si/c1-12-8-9-15(2,16)13(10-12)11-17-18-14-6-4-3-5-7-14/h3-10,13,16H,11,18H2,1-2H3. The average Bonchev–Trinajstić information content (AvgIpc) is 2.35. The molecule has 0 bridgehead atoms. The van der Waals surface area contributed by atoms with E-state index in [1.807, 2.05) is 44.2 Å². The Balaban J connectivity index is 1.88. The first-order chi connectivity index (χ1) is 8.58. The molecule has 1 aliphatic carbocycles.